The molecule has 1 atom stereocenters. The van der Waals surface area contributed by atoms with Crippen molar-refractivity contribution in [3.8, 4) is 0 Å². The molecule has 5 nitrogen and oxygen atoms in total. The Hall–Kier alpha value is -0.170. The molecule has 0 radical (unpaired) electrons. The summed E-state index contributed by atoms with van der Waals surface area (Å²) in [6, 6.07) is 0. The summed E-state index contributed by atoms with van der Waals surface area (Å²) >= 11 is 0. The molecule has 0 aromatic carbocycles. The topological polar surface area (TPSA) is 77.8 Å². The zero-order chi connectivity index (χ0) is 9.78. The lowest BCUT2D eigenvalue weighted by atomic mass is 10.5. The van der Waals surface area contributed by atoms with Crippen LogP contribution in [0.2, 0.25) is 0 Å². The van der Waals surface area contributed by atoms with Crippen molar-refractivity contribution in [3.05, 3.63) is 0 Å². The molecule has 0 aliphatic rings. The third-order valence-electron chi connectivity index (χ3n) is 1.65. The molecule has 0 aliphatic heterocycles. The largest absolute Gasteiger partial charge is 0.374 e. The molecule has 0 aromatic rings. The summed E-state index contributed by atoms with van der Waals surface area (Å²) in [5.74, 6) is 0. The van der Waals surface area contributed by atoms with E-state index in [1.54, 1.807) is 4.90 Å². The van der Waals surface area contributed by atoms with Crippen LogP contribution in [0.25, 0.3) is 0 Å². The Morgan fingerprint density at radius 1 is 1.33 bits per heavy atom. The number of nitrogens with zero attached hydrogens (tertiary/aromatic N) is 1. The molecule has 0 aliphatic carbocycles. The van der Waals surface area contributed by atoms with Gasteiger partial charge in [-0.2, -0.15) is 8.42 Å². The Morgan fingerprint density at radius 3 is 2.00 bits per heavy atom. The van der Waals surface area contributed by atoms with Crippen LogP contribution in [-0.2, 0) is 10.1 Å². The van der Waals surface area contributed by atoms with Crippen molar-refractivity contribution >= 4 is 10.1 Å². The van der Waals surface area contributed by atoms with E-state index in [0.29, 0.717) is 13.1 Å². The number of aliphatic hydroxyl groups excluding tert-OH is 1. The van der Waals surface area contributed by atoms with Gasteiger partial charge in [-0.3, -0.25) is 4.55 Å². The van der Waals surface area contributed by atoms with E-state index >= 15 is 0 Å². The van der Waals surface area contributed by atoms with Gasteiger partial charge in [-0.25, -0.2) is 0 Å². The highest BCUT2D eigenvalue weighted by Gasteiger charge is 2.21. The van der Waals surface area contributed by atoms with Crippen molar-refractivity contribution in [2.24, 2.45) is 0 Å². The fraction of sp³-hybridized carbons (Fsp3) is 1.00. The van der Waals surface area contributed by atoms with E-state index in [0.717, 1.165) is 0 Å². The number of likely N-dealkylation sites (N-methyl/N-ethyl adjacent to an activating group) is 1. The van der Waals surface area contributed by atoms with Crippen molar-refractivity contribution in [2.75, 3.05) is 19.6 Å². The first-order chi connectivity index (χ1) is 5.41. The molecule has 74 valence electrons. The molecule has 12 heavy (non-hydrogen) atoms. The number of hydrogen-bond acceptors (Lipinski definition) is 4. The van der Waals surface area contributed by atoms with Crippen LogP contribution in [0.15, 0.2) is 0 Å². The Labute approximate surface area is 72.7 Å². The second kappa shape index (κ2) is 4.76. The number of hydrogen-bond donors (Lipinski definition) is 2. The minimum absolute atomic E-state index is 0.0498. The predicted octanol–water partition coefficient (Wildman–Crippen LogP) is -0.466. The predicted molar refractivity (Wildman–Crippen MR) is 45.3 cm³/mol. The number of rotatable bonds is 5. The van der Waals surface area contributed by atoms with E-state index in [1.807, 2.05) is 13.8 Å². The van der Waals surface area contributed by atoms with Crippen LogP contribution in [0.1, 0.15) is 13.8 Å². The van der Waals surface area contributed by atoms with Gasteiger partial charge in [0.25, 0.3) is 10.1 Å². The van der Waals surface area contributed by atoms with Gasteiger partial charge in [0.05, 0.1) is 0 Å². The maximum absolute atomic E-state index is 10.4. The number of aliphatic hydroxyl groups is 1. The highest BCUT2D eigenvalue weighted by Crippen LogP contribution is 1.98. The molecule has 1 unspecified atom stereocenters. The van der Waals surface area contributed by atoms with Crippen LogP contribution >= 0.6 is 0 Å². The minimum atomic E-state index is -4.30. The molecule has 0 rings (SSSR count). The minimum Gasteiger partial charge on any atom is -0.374 e. The SMILES string of the molecule is CCN(CC)CC(O)S(=O)(=O)O. The van der Waals surface area contributed by atoms with Gasteiger partial charge >= 0.3 is 0 Å². The highest BCUT2D eigenvalue weighted by atomic mass is 32.2. The molecule has 0 fully saturated rings. The van der Waals surface area contributed by atoms with E-state index in [9.17, 15) is 8.42 Å². The van der Waals surface area contributed by atoms with Gasteiger partial charge in [-0.05, 0) is 13.1 Å². The second-order valence-electron chi connectivity index (χ2n) is 2.46. The molecule has 2 N–H and O–H groups in total. The maximum Gasteiger partial charge on any atom is 0.293 e. The molecule has 0 amide bonds. The lowest BCUT2D eigenvalue weighted by molar-refractivity contribution is 0.166. The van der Waals surface area contributed by atoms with E-state index in [4.69, 9.17) is 9.66 Å². The zero-order valence-electron chi connectivity index (χ0n) is 7.27. The highest BCUT2D eigenvalue weighted by molar-refractivity contribution is 7.86. The molecular formula is C6H15NO4S. The van der Waals surface area contributed by atoms with E-state index in [-0.39, 0.29) is 6.54 Å². The first-order valence-corrected chi connectivity index (χ1v) is 5.28. The molecule has 0 saturated carbocycles. The van der Waals surface area contributed by atoms with Crippen molar-refractivity contribution in [3.63, 3.8) is 0 Å². The van der Waals surface area contributed by atoms with Crippen LogP contribution in [0.3, 0.4) is 0 Å². The van der Waals surface area contributed by atoms with Gasteiger partial charge in [-0.1, -0.05) is 13.8 Å². The average Bonchev–Trinajstić information content (AvgIpc) is 1.97. The maximum atomic E-state index is 10.4. The van der Waals surface area contributed by atoms with Crippen LogP contribution in [0.5, 0.6) is 0 Å². The Kier molecular flexibility index (Phi) is 4.69. The smallest absolute Gasteiger partial charge is 0.293 e. The van der Waals surface area contributed by atoms with E-state index in [1.165, 1.54) is 0 Å². The summed E-state index contributed by atoms with van der Waals surface area (Å²) < 4.78 is 29.2. The van der Waals surface area contributed by atoms with Crippen molar-refractivity contribution in [1.82, 2.24) is 4.90 Å². The van der Waals surface area contributed by atoms with Gasteiger partial charge in [0.2, 0.25) is 0 Å². The van der Waals surface area contributed by atoms with Crippen LogP contribution in [0.4, 0.5) is 0 Å². The molecule has 0 saturated heterocycles. The van der Waals surface area contributed by atoms with E-state index in [2.05, 4.69) is 0 Å². The Bertz CT molecular complexity index is 210. The normalized spacial score (nSPS) is 15.1. The average molecular weight is 197 g/mol. The summed E-state index contributed by atoms with van der Waals surface area (Å²) in [5, 5.41) is 8.94. The van der Waals surface area contributed by atoms with Crippen LogP contribution < -0.4 is 0 Å². The quantitative estimate of drug-likeness (QED) is 0.583. The summed E-state index contributed by atoms with van der Waals surface area (Å²) in [7, 11) is -4.30. The van der Waals surface area contributed by atoms with Gasteiger partial charge in [0, 0.05) is 6.54 Å². The summed E-state index contributed by atoms with van der Waals surface area (Å²) in [5.41, 5.74) is -1.70. The summed E-state index contributed by atoms with van der Waals surface area (Å²) in [4.78, 5) is 1.71. The van der Waals surface area contributed by atoms with Crippen molar-refractivity contribution in [1.29, 1.82) is 0 Å². The molecule has 0 bridgehead atoms. The fourth-order valence-corrected chi connectivity index (χ4v) is 1.20. The van der Waals surface area contributed by atoms with Gasteiger partial charge < -0.3 is 10.0 Å². The third kappa shape index (κ3) is 4.01. The van der Waals surface area contributed by atoms with Gasteiger partial charge in [0.1, 0.15) is 0 Å². The van der Waals surface area contributed by atoms with E-state index < -0.39 is 15.6 Å². The first kappa shape index (κ1) is 11.8. The summed E-state index contributed by atoms with van der Waals surface area (Å²) in [6.07, 6.45) is 0. The molecule has 0 heterocycles. The lowest BCUT2D eigenvalue weighted by Gasteiger charge is -2.19. The first-order valence-electron chi connectivity index (χ1n) is 3.78. The summed E-state index contributed by atoms with van der Waals surface area (Å²) in [6.45, 7) is 4.93. The fourth-order valence-electron chi connectivity index (χ4n) is 0.797. The van der Waals surface area contributed by atoms with Crippen molar-refractivity contribution < 1.29 is 18.1 Å². The lowest BCUT2D eigenvalue weighted by Crippen LogP contribution is -2.36. The second-order valence-corrected chi connectivity index (χ2v) is 4.03. The van der Waals surface area contributed by atoms with Crippen LogP contribution in [-0.4, -0.2) is 48.0 Å². The molecule has 6 heteroatoms. The Balaban J connectivity index is 4.08. The van der Waals surface area contributed by atoms with Gasteiger partial charge in [-0.15, -0.1) is 0 Å². The third-order valence-corrected chi connectivity index (χ3v) is 2.49. The monoisotopic (exact) mass is 197 g/mol. The zero-order valence-corrected chi connectivity index (χ0v) is 8.08. The van der Waals surface area contributed by atoms with Crippen molar-refractivity contribution in [2.45, 2.75) is 19.3 Å². The molecular weight excluding hydrogens is 182 g/mol. The van der Waals surface area contributed by atoms with Gasteiger partial charge in [0.15, 0.2) is 5.44 Å². The standard InChI is InChI=1S/C6H15NO4S/c1-3-7(4-2)5-6(8)12(9,10)11/h6,8H,3-5H2,1-2H3,(H,9,10,11). The molecule has 0 aromatic heterocycles. The van der Waals surface area contributed by atoms with Crippen LogP contribution in [0, 0.1) is 0 Å². The Morgan fingerprint density at radius 2 is 1.75 bits per heavy atom. The molecule has 0 spiro atoms.